The molecule has 0 unspecified atom stereocenters. The molecular weight excluding hydrogens is 365 g/mol. The number of aromatic hydroxyl groups is 2. The van der Waals surface area contributed by atoms with E-state index < -0.39 is 0 Å². The molecule has 0 radical (unpaired) electrons. The first-order valence-corrected chi connectivity index (χ1v) is 6.72. The van der Waals surface area contributed by atoms with Crippen LogP contribution in [0.3, 0.4) is 0 Å². The minimum Gasteiger partial charge on any atom is -0.504 e. The molecule has 0 spiro atoms. The quantitative estimate of drug-likeness (QED) is 0.562. The van der Waals surface area contributed by atoms with Gasteiger partial charge in [-0.25, -0.2) is 0 Å². The van der Waals surface area contributed by atoms with E-state index in [9.17, 15) is 10.2 Å². The molecule has 0 fully saturated rings. The van der Waals surface area contributed by atoms with Crippen LogP contribution in [0.25, 0.3) is 0 Å². The van der Waals surface area contributed by atoms with E-state index in [2.05, 4.69) is 27.9 Å². The maximum absolute atomic E-state index is 9.39. The molecule has 0 aliphatic carbocycles. The zero-order valence-corrected chi connectivity index (χ0v) is 12.2. The molecule has 3 nitrogen and oxygen atoms in total. The second kappa shape index (κ2) is 5.67. The highest BCUT2D eigenvalue weighted by Crippen LogP contribution is 2.26. The molecule has 0 saturated heterocycles. The number of hydrogen-bond acceptors (Lipinski definition) is 3. The SMILES string of the molecule is Oc1ccc(CNc2ccc(Cl)cc2I)cc1O. The van der Waals surface area contributed by atoms with Crippen molar-refractivity contribution < 1.29 is 10.2 Å². The van der Waals surface area contributed by atoms with Gasteiger partial charge in [-0.05, 0) is 58.5 Å². The smallest absolute Gasteiger partial charge is 0.157 e. The van der Waals surface area contributed by atoms with Crippen molar-refractivity contribution in [2.75, 3.05) is 5.32 Å². The van der Waals surface area contributed by atoms with Crippen molar-refractivity contribution in [3.05, 3.63) is 50.6 Å². The Kier molecular flexibility index (Phi) is 4.19. The molecule has 18 heavy (non-hydrogen) atoms. The summed E-state index contributed by atoms with van der Waals surface area (Å²) in [7, 11) is 0. The minimum absolute atomic E-state index is 0.111. The Morgan fingerprint density at radius 2 is 1.83 bits per heavy atom. The van der Waals surface area contributed by atoms with Gasteiger partial charge in [0.15, 0.2) is 11.5 Å². The summed E-state index contributed by atoms with van der Waals surface area (Å²) in [4.78, 5) is 0. The Bertz CT molecular complexity index is 575. The van der Waals surface area contributed by atoms with E-state index in [0.717, 1.165) is 14.8 Å². The summed E-state index contributed by atoms with van der Waals surface area (Å²) in [6.45, 7) is 0.561. The maximum atomic E-state index is 9.39. The summed E-state index contributed by atoms with van der Waals surface area (Å²) in [6, 6.07) is 10.4. The van der Waals surface area contributed by atoms with Crippen LogP contribution >= 0.6 is 34.2 Å². The normalized spacial score (nSPS) is 10.3. The fourth-order valence-corrected chi connectivity index (χ4v) is 2.57. The number of nitrogens with one attached hydrogen (secondary N) is 1. The van der Waals surface area contributed by atoms with Crippen LogP contribution in [0.5, 0.6) is 11.5 Å². The third-order valence-corrected chi connectivity index (χ3v) is 3.58. The van der Waals surface area contributed by atoms with Crippen LogP contribution in [0, 0.1) is 3.57 Å². The average molecular weight is 376 g/mol. The Hall–Kier alpha value is -1.14. The van der Waals surface area contributed by atoms with Crippen molar-refractivity contribution in [2.24, 2.45) is 0 Å². The van der Waals surface area contributed by atoms with Gasteiger partial charge in [-0.15, -0.1) is 0 Å². The van der Waals surface area contributed by atoms with Crippen molar-refractivity contribution in [3.63, 3.8) is 0 Å². The van der Waals surface area contributed by atoms with Crippen LogP contribution in [0.15, 0.2) is 36.4 Å². The second-order valence-corrected chi connectivity index (χ2v) is 5.40. The number of phenolic OH excluding ortho intramolecular Hbond substituents is 2. The molecule has 0 aliphatic rings. The van der Waals surface area contributed by atoms with Crippen LogP contribution in [0.2, 0.25) is 5.02 Å². The van der Waals surface area contributed by atoms with E-state index in [4.69, 9.17) is 11.6 Å². The van der Waals surface area contributed by atoms with Crippen LogP contribution < -0.4 is 5.32 Å². The number of anilines is 1. The molecule has 0 atom stereocenters. The second-order valence-electron chi connectivity index (χ2n) is 3.80. The van der Waals surface area contributed by atoms with Gasteiger partial charge < -0.3 is 15.5 Å². The van der Waals surface area contributed by atoms with Gasteiger partial charge in [0.1, 0.15) is 0 Å². The summed E-state index contributed by atoms with van der Waals surface area (Å²) < 4.78 is 1.03. The maximum Gasteiger partial charge on any atom is 0.157 e. The Labute approximate surface area is 124 Å². The van der Waals surface area contributed by atoms with Gasteiger partial charge in [-0.1, -0.05) is 17.7 Å². The summed E-state index contributed by atoms with van der Waals surface area (Å²) in [5, 5.41) is 22.6. The fourth-order valence-electron chi connectivity index (χ4n) is 1.51. The van der Waals surface area contributed by atoms with E-state index in [1.807, 2.05) is 18.2 Å². The molecule has 2 rings (SSSR count). The lowest BCUT2D eigenvalue weighted by Gasteiger charge is -2.09. The highest BCUT2D eigenvalue weighted by Gasteiger charge is 2.03. The fraction of sp³-hybridized carbons (Fsp3) is 0.0769. The number of phenols is 2. The van der Waals surface area contributed by atoms with Crippen molar-refractivity contribution in [1.29, 1.82) is 0 Å². The molecule has 2 aromatic rings. The molecule has 0 saturated carbocycles. The molecule has 0 heterocycles. The summed E-state index contributed by atoms with van der Waals surface area (Å²) in [6.07, 6.45) is 0. The topological polar surface area (TPSA) is 52.5 Å². The number of benzene rings is 2. The Morgan fingerprint density at radius 3 is 2.50 bits per heavy atom. The number of rotatable bonds is 3. The van der Waals surface area contributed by atoms with E-state index in [-0.39, 0.29) is 11.5 Å². The number of hydrogen-bond donors (Lipinski definition) is 3. The molecule has 5 heteroatoms. The zero-order valence-electron chi connectivity index (χ0n) is 9.32. The largest absolute Gasteiger partial charge is 0.504 e. The lowest BCUT2D eigenvalue weighted by molar-refractivity contribution is 0.403. The molecule has 94 valence electrons. The van der Waals surface area contributed by atoms with E-state index >= 15 is 0 Å². The summed E-state index contributed by atoms with van der Waals surface area (Å²) in [5.41, 5.74) is 1.86. The standard InChI is InChI=1S/C13H11ClINO2/c14-9-2-3-11(10(15)6-9)16-7-8-1-4-12(17)13(18)5-8/h1-6,16-18H,7H2. The summed E-state index contributed by atoms with van der Waals surface area (Å²) >= 11 is 8.08. The summed E-state index contributed by atoms with van der Waals surface area (Å²) in [5.74, 6) is -0.222. The van der Waals surface area contributed by atoms with Crippen LogP contribution in [0.1, 0.15) is 5.56 Å². The van der Waals surface area contributed by atoms with Crippen molar-refractivity contribution in [1.82, 2.24) is 0 Å². The lowest BCUT2D eigenvalue weighted by atomic mass is 10.2. The Morgan fingerprint density at radius 1 is 1.06 bits per heavy atom. The predicted molar refractivity (Wildman–Crippen MR) is 81.3 cm³/mol. The van der Waals surface area contributed by atoms with E-state index in [1.54, 1.807) is 6.07 Å². The van der Waals surface area contributed by atoms with Crippen LogP contribution in [0.4, 0.5) is 5.69 Å². The average Bonchev–Trinajstić information content (AvgIpc) is 2.32. The van der Waals surface area contributed by atoms with Gasteiger partial charge in [0.2, 0.25) is 0 Å². The Balaban J connectivity index is 2.09. The predicted octanol–water partition coefficient (Wildman–Crippen LogP) is 3.97. The minimum atomic E-state index is -0.111. The molecule has 3 N–H and O–H groups in total. The van der Waals surface area contributed by atoms with Gasteiger partial charge in [0.05, 0.1) is 0 Å². The highest BCUT2D eigenvalue weighted by molar-refractivity contribution is 14.1. The number of halogens is 2. The van der Waals surface area contributed by atoms with Crippen molar-refractivity contribution in [2.45, 2.75) is 6.54 Å². The van der Waals surface area contributed by atoms with E-state index in [1.165, 1.54) is 12.1 Å². The first-order chi connectivity index (χ1) is 8.56. The lowest BCUT2D eigenvalue weighted by Crippen LogP contribution is -2.00. The van der Waals surface area contributed by atoms with Gasteiger partial charge in [0.25, 0.3) is 0 Å². The van der Waals surface area contributed by atoms with Gasteiger partial charge in [-0.2, -0.15) is 0 Å². The van der Waals surface area contributed by atoms with Crippen molar-refractivity contribution >= 4 is 39.9 Å². The molecule has 0 amide bonds. The molecule has 0 aromatic heterocycles. The highest BCUT2D eigenvalue weighted by atomic mass is 127. The first-order valence-electron chi connectivity index (χ1n) is 5.26. The van der Waals surface area contributed by atoms with E-state index in [0.29, 0.717) is 11.6 Å². The molecule has 0 bridgehead atoms. The van der Waals surface area contributed by atoms with Gasteiger partial charge >= 0.3 is 0 Å². The van der Waals surface area contributed by atoms with Crippen molar-refractivity contribution in [3.8, 4) is 11.5 Å². The molecule has 2 aromatic carbocycles. The monoisotopic (exact) mass is 375 g/mol. The third-order valence-electron chi connectivity index (χ3n) is 2.45. The van der Waals surface area contributed by atoms with Crippen LogP contribution in [-0.2, 0) is 6.54 Å². The molecule has 0 aliphatic heterocycles. The third kappa shape index (κ3) is 3.20. The molecular formula is C13H11ClINO2. The zero-order chi connectivity index (χ0) is 13.1. The first kappa shape index (κ1) is 13.3. The van der Waals surface area contributed by atoms with Gasteiger partial charge in [0, 0.05) is 20.8 Å². The van der Waals surface area contributed by atoms with Gasteiger partial charge in [-0.3, -0.25) is 0 Å². The van der Waals surface area contributed by atoms with Crippen LogP contribution in [-0.4, -0.2) is 10.2 Å².